The van der Waals surface area contributed by atoms with Gasteiger partial charge in [-0.2, -0.15) is 0 Å². The average molecular weight is 276 g/mol. The van der Waals surface area contributed by atoms with Gasteiger partial charge in [0.2, 0.25) is 5.91 Å². The summed E-state index contributed by atoms with van der Waals surface area (Å²) in [5, 5.41) is 0. The molecule has 2 atom stereocenters. The van der Waals surface area contributed by atoms with Gasteiger partial charge >= 0.3 is 0 Å². The molecule has 1 aromatic rings. The van der Waals surface area contributed by atoms with Crippen LogP contribution in [-0.2, 0) is 4.79 Å². The molecule has 2 rings (SSSR count). The van der Waals surface area contributed by atoms with Crippen molar-refractivity contribution in [1.82, 2.24) is 4.90 Å². The minimum absolute atomic E-state index is 0.0605. The van der Waals surface area contributed by atoms with Crippen LogP contribution in [0.5, 0.6) is 5.75 Å². The number of nitrogens with two attached hydrogens (primary N) is 1. The van der Waals surface area contributed by atoms with Crippen molar-refractivity contribution in [1.29, 1.82) is 0 Å². The second-order valence-electron chi connectivity index (χ2n) is 5.74. The largest absolute Gasteiger partial charge is 0.497 e. The summed E-state index contributed by atoms with van der Waals surface area (Å²) in [5.74, 6) is 1.05. The molecule has 1 aliphatic heterocycles. The maximum Gasteiger partial charge on any atom is 0.240 e. The number of carbonyl (C=O) groups excluding carboxylic acids is 1. The van der Waals surface area contributed by atoms with Crippen molar-refractivity contribution in [2.75, 3.05) is 13.7 Å². The summed E-state index contributed by atoms with van der Waals surface area (Å²) in [6.07, 6.45) is 2.02. The molecule has 1 unspecified atom stereocenters. The number of amides is 1. The molecule has 0 aromatic heterocycles. The summed E-state index contributed by atoms with van der Waals surface area (Å²) in [5.41, 5.74) is 7.15. The summed E-state index contributed by atoms with van der Waals surface area (Å²) in [4.78, 5) is 14.4. The number of hydrogen-bond acceptors (Lipinski definition) is 3. The zero-order valence-corrected chi connectivity index (χ0v) is 12.5. The molecule has 1 saturated heterocycles. The Bertz CT molecular complexity index is 473. The fourth-order valence-corrected chi connectivity index (χ4v) is 2.70. The molecule has 1 aliphatic rings. The Morgan fingerprint density at radius 2 is 2.20 bits per heavy atom. The smallest absolute Gasteiger partial charge is 0.240 e. The fraction of sp³-hybridized carbons (Fsp3) is 0.562. The van der Waals surface area contributed by atoms with E-state index in [1.54, 1.807) is 7.11 Å². The van der Waals surface area contributed by atoms with E-state index in [1.165, 1.54) is 0 Å². The molecule has 4 nitrogen and oxygen atoms in total. The highest BCUT2D eigenvalue weighted by Gasteiger charge is 2.33. The minimum Gasteiger partial charge on any atom is -0.497 e. The quantitative estimate of drug-likeness (QED) is 0.918. The maximum absolute atomic E-state index is 12.5. The molecule has 1 heterocycles. The summed E-state index contributed by atoms with van der Waals surface area (Å²) >= 11 is 0. The topological polar surface area (TPSA) is 55.6 Å². The first kappa shape index (κ1) is 14.9. The van der Waals surface area contributed by atoms with Crippen LogP contribution in [0.25, 0.3) is 0 Å². The van der Waals surface area contributed by atoms with E-state index < -0.39 is 6.04 Å². The molecule has 1 fully saturated rings. The Hall–Kier alpha value is -1.55. The second kappa shape index (κ2) is 6.27. The standard InChI is InChI=1S/C16H24N2O2/c1-11(2)15(17)16(19)18-9-5-8-14(18)12-6-4-7-13(10-12)20-3/h4,6-7,10-11,14-15H,5,8-9,17H2,1-3H3/t14?,15-/m1/s1. The first-order valence-electron chi connectivity index (χ1n) is 7.24. The third-order valence-electron chi connectivity index (χ3n) is 4.02. The van der Waals surface area contributed by atoms with Crippen LogP contribution < -0.4 is 10.5 Å². The van der Waals surface area contributed by atoms with Gasteiger partial charge in [-0.3, -0.25) is 4.79 Å². The zero-order chi connectivity index (χ0) is 14.7. The highest BCUT2D eigenvalue weighted by molar-refractivity contribution is 5.82. The number of benzene rings is 1. The average Bonchev–Trinajstić information content (AvgIpc) is 2.95. The normalized spacial score (nSPS) is 20.2. The van der Waals surface area contributed by atoms with E-state index in [-0.39, 0.29) is 17.9 Å². The van der Waals surface area contributed by atoms with Crippen LogP contribution in [-0.4, -0.2) is 30.5 Å². The lowest BCUT2D eigenvalue weighted by atomic mass is 10.0. The van der Waals surface area contributed by atoms with E-state index in [0.717, 1.165) is 30.7 Å². The van der Waals surface area contributed by atoms with Gasteiger partial charge in [-0.25, -0.2) is 0 Å². The Kier molecular flexibility index (Phi) is 4.65. The lowest BCUT2D eigenvalue weighted by Crippen LogP contribution is -2.46. The van der Waals surface area contributed by atoms with Crippen LogP contribution in [0.2, 0.25) is 0 Å². The molecular weight excluding hydrogens is 252 g/mol. The summed E-state index contributed by atoms with van der Waals surface area (Å²) in [7, 11) is 1.66. The van der Waals surface area contributed by atoms with Gasteiger partial charge in [0.1, 0.15) is 5.75 Å². The van der Waals surface area contributed by atoms with Gasteiger partial charge in [0.15, 0.2) is 0 Å². The SMILES string of the molecule is COc1cccc(C2CCCN2C(=O)[C@H](N)C(C)C)c1. The van der Waals surface area contributed by atoms with Crippen LogP contribution >= 0.6 is 0 Å². The summed E-state index contributed by atoms with van der Waals surface area (Å²) in [6, 6.07) is 7.67. The van der Waals surface area contributed by atoms with Crippen molar-refractivity contribution < 1.29 is 9.53 Å². The first-order valence-corrected chi connectivity index (χ1v) is 7.24. The van der Waals surface area contributed by atoms with Crippen LogP contribution in [0.3, 0.4) is 0 Å². The molecule has 0 saturated carbocycles. The van der Waals surface area contributed by atoms with Gasteiger partial charge in [-0.05, 0) is 36.5 Å². The number of carbonyl (C=O) groups is 1. The minimum atomic E-state index is -0.416. The summed E-state index contributed by atoms with van der Waals surface area (Å²) < 4.78 is 5.27. The fourth-order valence-electron chi connectivity index (χ4n) is 2.70. The molecule has 0 bridgehead atoms. The highest BCUT2D eigenvalue weighted by atomic mass is 16.5. The Morgan fingerprint density at radius 3 is 2.85 bits per heavy atom. The monoisotopic (exact) mass is 276 g/mol. The molecule has 4 heteroatoms. The predicted octanol–water partition coefficient (Wildman–Crippen LogP) is 2.34. The van der Waals surface area contributed by atoms with E-state index in [4.69, 9.17) is 10.5 Å². The van der Waals surface area contributed by atoms with Crippen molar-refractivity contribution in [3.63, 3.8) is 0 Å². The van der Waals surface area contributed by atoms with E-state index in [0.29, 0.717) is 0 Å². The van der Waals surface area contributed by atoms with Gasteiger partial charge in [0, 0.05) is 6.54 Å². The second-order valence-corrected chi connectivity index (χ2v) is 5.74. The van der Waals surface area contributed by atoms with Gasteiger partial charge < -0.3 is 15.4 Å². The van der Waals surface area contributed by atoms with E-state index in [9.17, 15) is 4.79 Å². The number of methoxy groups -OCH3 is 1. The summed E-state index contributed by atoms with van der Waals surface area (Å²) in [6.45, 7) is 4.76. The number of likely N-dealkylation sites (tertiary alicyclic amines) is 1. The van der Waals surface area contributed by atoms with Crippen molar-refractivity contribution >= 4 is 5.91 Å². The van der Waals surface area contributed by atoms with Gasteiger partial charge in [-0.15, -0.1) is 0 Å². The maximum atomic E-state index is 12.5. The van der Waals surface area contributed by atoms with Crippen LogP contribution in [0.1, 0.15) is 38.3 Å². The lowest BCUT2D eigenvalue weighted by molar-refractivity contribution is -0.134. The Morgan fingerprint density at radius 1 is 1.45 bits per heavy atom. The van der Waals surface area contributed by atoms with Gasteiger partial charge in [-0.1, -0.05) is 26.0 Å². The Labute approximate surface area is 120 Å². The first-order chi connectivity index (χ1) is 9.54. The molecule has 0 spiro atoms. The third kappa shape index (κ3) is 2.96. The number of rotatable bonds is 4. The zero-order valence-electron chi connectivity index (χ0n) is 12.5. The van der Waals surface area contributed by atoms with Crippen molar-refractivity contribution in [3.05, 3.63) is 29.8 Å². The third-order valence-corrected chi connectivity index (χ3v) is 4.02. The molecule has 20 heavy (non-hydrogen) atoms. The van der Waals surface area contributed by atoms with Crippen molar-refractivity contribution in [2.24, 2.45) is 11.7 Å². The predicted molar refractivity (Wildman–Crippen MR) is 79.5 cm³/mol. The van der Waals surface area contributed by atoms with Crippen molar-refractivity contribution in [3.8, 4) is 5.75 Å². The molecule has 1 aromatic carbocycles. The van der Waals surface area contributed by atoms with Crippen LogP contribution in [0.15, 0.2) is 24.3 Å². The number of ether oxygens (including phenoxy) is 1. The lowest BCUT2D eigenvalue weighted by Gasteiger charge is -2.29. The van der Waals surface area contributed by atoms with E-state index >= 15 is 0 Å². The molecule has 1 amide bonds. The molecule has 0 aliphatic carbocycles. The van der Waals surface area contributed by atoms with Gasteiger partial charge in [0.25, 0.3) is 0 Å². The van der Waals surface area contributed by atoms with Crippen LogP contribution in [0.4, 0.5) is 0 Å². The number of nitrogens with zero attached hydrogens (tertiary/aromatic N) is 1. The van der Waals surface area contributed by atoms with Gasteiger partial charge in [0.05, 0.1) is 19.2 Å². The van der Waals surface area contributed by atoms with E-state index in [2.05, 4.69) is 6.07 Å². The molecule has 0 radical (unpaired) electrons. The van der Waals surface area contributed by atoms with Crippen molar-refractivity contribution in [2.45, 2.75) is 38.8 Å². The molecular formula is C16H24N2O2. The van der Waals surface area contributed by atoms with E-state index in [1.807, 2.05) is 36.9 Å². The molecule has 110 valence electrons. The van der Waals surface area contributed by atoms with Crippen LogP contribution in [0, 0.1) is 5.92 Å². The Balaban J connectivity index is 2.20. The highest BCUT2D eigenvalue weighted by Crippen LogP contribution is 2.34. The molecule has 2 N–H and O–H groups in total. The number of hydrogen-bond donors (Lipinski definition) is 1.